The van der Waals surface area contributed by atoms with Crippen LogP contribution in [0, 0.1) is 5.82 Å². The molecule has 0 amide bonds. The molecule has 0 saturated carbocycles. The third-order valence-electron chi connectivity index (χ3n) is 2.12. The summed E-state index contributed by atoms with van der Waals surface area (Å²) in [5, 5.41) is 0. The van der Waals surface area contributed by atoms with Crippen molar-refractivity contribution in [3.05, 3.63) is 35.6 Å². The summed E-state index contributed by atoms with van der Waals surface area (Å²) >= 11 is 0. The number of ether oxygens (including phenoxy) is 1. The molecule has 4 nitrogen and oxygen atoms in total. The van der Waals surface area contributed by atoms with E-state index < -0.39 is 18.1 Å². The van der Waals surface area contributed by atoms with Gasteiger partial charge in [-0.05, 0) is 17.7 Å². The highest BCUT2D eigenvalue weighted by Crippen LogP contribution is 2.14. The zero-order valence-corrected chi connectivity index (χ0v) is 8.31. The van der Waals surface area contributed by atoms with Gasteiger partial charge in [0, 0.05) is 0 Å². The molecule has 0 aliphatic heterocycles. The van der Waals surface area contributed by atoms with Crippen LogP contribution in [-0.4, -0.2) is 19.1 Å². The maximum atomic E-state index is 12.6. The molecule has 15 heavy (non-hydrogen) atoms. The van der Waals surface area contributed by atoms with Gasteiger partial charge in [0.05, 0.1) is 13.2 Å². The lowest BCUT2D eigenvalue weighted by molar-refractivity contribution is -0.142. The largest absolute Gasteiger partial charge is 0.468 e. The Bertz CT molecular complexity index is 340. The molecule has 2 atom stereocenters. The molecule has 4 N–H and O–H groups in total. The summed E-state index contributed by atoms with van der Waals surface area (Å²) in [4.78, 5) is 11.1. The van der Waals surface area contributed by atoms with Crippen molar-refractivity contribution in [1.29, 1.82) is 0 Å². The minimum absolute atomic E-state index is 0.363. The molecule has 1 aromatic rings. The quantitative estimate of drug-likeness (QED) is 0.707. The van der Waals surface area contributed by atoms with Crippen LogP contribution in [0.3, 0.4) is 0 Å². The molecule has 0 unspecified atom stereocenters. The first-order chi connectivity index (χ1) is 7.06. The summed E-state index contributed by atoms with van der Waals surface area (Å²) in [6.07, 6.45) is 0. The molecular weight excluding hydrogens is 199 g/mol. The van der Waals surface area contributed by atoms with Gasteiger partial charge in [0.15, 0.2) is 0 Å². The summed E-state index contributed by atoms with van der Waals surface area (Å²) in [5.41, 5.74) is 11.9. The number of hydrogen-bond acceptors (Lipinski definition) is 4. The highest BCUT2D eigenvalue weighted by Gasteiger charge is 2.23. The second-order valence-electron chi connectivity index (χ2n) is 3.13. The van der Waals surface area contributed by atoms with E-state index in [0.29, 0.717) is 5.56 Å². The molecule has 5 heteroatoms. The van der Waals surface area contributed by atoms with Crippen LogP contribution < -0.4 is 11.5 Å². The molecule has 0 radical (unpaired) electrons. The smallest absolute Gasteiger partial charge is 0.324 e. The molecule has 82 valence electrons. The number of carbonyl (C=O) groups is 1. The van der Waals surface area contributed by atoms with Gasteiger partial charge in [-0.1, -0.05) is 12.1 Å². The maximum absolute atomic E-state index is 12.6. The van der Waals surface area contributed by atoms with E-state index in [4.69, 9.17) is 11.5 Å². The second-order valence-corrected chi connectivity index (χ2v) is 3.13. The standard InChI is InChI=1S/C10H13FN2O2/c1-15-10(14)9(13)8(12)6-2-4-7(11)5-3-6/h2-5,8-9H,12-13H2,1H3/t8-,9+/m1/s1. The van der Waals surface area contributed by atoms with Gasteiger partial charge in [0.2, 0.25) is 0 Å². The molecule has 0 aliphatic carbocycles. The van der Waals surface area contributed by atoms with Gasteiger partial charge in [0.1, 0.15) is 11.9 Å². The normalized spacial score (nSPS) is 14.4. The lowest BCUT2D eigenvalue weighted by Gasteiger charge is -2.17. The van der Waals surface area contributed by atoms with Crippen molar-refractivity contribution in [2.45, 2.75) is 12.1 Å². The van der Waals surface area contributed by atoms with Gasteiger partial charge < -0.3 is 16.2 Å². The van der Waals surface area contributed by atoms with Crippen LogP contribution in [0.1, 0.15) is 11.6 Å². The van der Waals surface area contributed by atoms with Crippen molar-refractivity contribution in [3.8, 4) is 0 Å². The summed E-state index contributed by atoms with van der Waals surface area (Å²) in [7, 11) is 1.24. The van der Waals surface area contributed by atoms with Gasteiger partial charge in [-0.15, -0.1) is 0 Å². The van der Waals surface area contributed by atoms with Crippen molar-refractivity contribution in [2.24, 2.45) is 11.5 Å². The van der Waals surface area contributed by atoms with E-state index in [2.05, 4.69) is 4.74 Å². The van der Waals surface area contributed by atoms with E-state index in [-0.39, 0.29) is 5.82 Å². The summed E-state index contributed by atoms with van der Waals surface area (Å²) in [5.74, 6) is -0.954. The fourth-order valence-electron chi connectivity index (χ4n) is 1.18. The Balaban J connectivity index is 2.80. The first-order valence-electron chi connectivity index (χ1n) is 4.40. The van der Waals surface area contributed by atoms with Crippen molar-refractivity contribution in [3.63, 3.8) is 0 Å². The minimum atomic E-state index is -0.944. The third-order valence-corrected chi connectivity index (χ3v) is 2.12. The van der Waals surface area contributed by atoms with Crippen LogP contribution in [0.4, 0.5) is 4.39 Å². The van der Waals surface area contributed by atoms with Crippen LogP contribution in [0.15, 0.2) is 24.3 Å². The van der Waals surface area contributed by atoms with Gasteiger partial charge in [-0.25, -0.2) is 4.39 Å². The Morgan fingerprint density at radius 3 is 2.33 bits per heavy atom. The van der Waals surface area contributed by atoms with E-state index in [9.17, 15) is 9.18 Å². The van der Waals surface area contributed by atoms with Crippen LogP contribution in [-0.2, 0) is 9.53 Å². The SMILES string of the molecule is COC(=O)[C@@H](N)[C@H](N)c1ccc(F)cc1. The van der Waals surface area contributed by atoms with Crippen LogP contribution >= 0.6 is 0 Å². The monoisotopic (exact) mass is 212 g/mol. The van der Waals surface area contributed by atoms with Crippen molar-refractivity contribution in [2.75, 3.05) is 7.11 Å². The zero-order valence-electron chi connectivity index (χ0n) is 8.31. The highest BCUT2D eigenvalue weighted by molar-refractivity contribution is 5.76. The van der Waals surface area contributed by atoms with Gasteiger partial charge in [0.25, 0.3) is 0 Å². The fourth-order valence-corrected chi connectivity index (χ4v) is 1.18. The van der Waals surface area contributed by atoms with E-state index in [1.807, 2.05) is 0 Å². The number of methoxy groups -OCH3 is 1. The highest BCUT2D eigenvalue weighted by atomic mass is 19.1. The molecule has 0 spiro atoms. The molecule has 0 aromatic heterocycles. The third kappa shape index (κ3) is 2.74. The number of benzene rings is 1. The van der Waals surface area contributed by atoms with Gasteiger partial charge >= 0.3 is 5.97 Å². The predicted octanol–water partition coefficient (Wildman–Crippen LogP) is 0.326. The Morgan fingerprint density at radius 1 is 1.33 bits per heavy atom. The van der Waals surface area contributed by atoms with Crippen LogP contribution in [0.25, 0.3) is 0 Å². The number of esters is 1. The van der Waals surface area contributed by atoms with Crippen molar-refractivity contribution < 1.29 is 13.9 Å². The number of nitrogens with two attached hydrogens (primary N) is 2. The second kappa shape index (κ2) is 4.86. The molecule has 1 aromatic carbocycles. The molecule has 1 rings (SSSR count). The summed E-state index contributed by atoms with van der Waals surface area (Å²) in [6, 6.07) is 3.86. The number of halogens is 1. The Kier molecular flexibility index (Phi) is 3.76. The molecule has 0 saturated heterocycles. The number of rotatable bonds is 3. The molecule has 0 aliphatic rings. The van der Waals surface area contributed by atoms with Crippen LogP contribution in [0.2, 0.25) is 0 Å². The molecule has 0 fully saturated rings. The number of hydrogen-bond donors (Lipinski definition) is 2. The Morgan fingerprint density at radius 2 is 1.87 bits per heavy atom. The minimum Gasteiger partial charge on any atom is -0.468 e. The first-order valence-corrected chi connectivity index (χ1v) is 4.40. The topological polar surface area (TPSA) is 78.3 Å². The zero-order chi connectivity index (χ0) is 11.4. The molecule has 0 heterocycles. The Labute approximate surface area is 87.0 Å². The lowest BCUT2D eigenvalue weighted by atomic mass is 10.0. The molecular formula is C10H13FN2O2. The Hall–Kier alpha value is -1.46. The van der Waals surface area contributed by atoms with Crippen LogP contribution in [0.5, 0.6) is 0 Å². The van der Waals surface area contributed by atoms with Gasteiger partial charge in [-0.2, -0.15) is 0 Å². The predicted molar refractivity (Wildman–Crippen MR) is 53.3 cm³/mol. The van der Waals surface area contributed by atoms with Crippen molar-refractivity contribution in [1.82, 2.24) is 0 Å². The average Bonchev–Trinajstić information content (AvgIpc) is 2.27. The molecule has 0 bridgehead atoms. The average molecular weight is 212 g/mol. The lowest BCUT2D eigenvalue weighted by Crippen LogP contribution is -2.41. The summed E-state index contributed by atoms with van der Waals surface area (Å²) < 4.78 is 17.1. The van der Waals surface area contributed by atoms with Gasteiger partial charge in [-0.3, -0.25) is 4.79 Å². The van der Waals surface area contributed by atoms with Crippen molar-refractivity contribution >= 4 is 5.97 Å². The van der Waals surface area contributed by atoms with E-state index in [0.717, 1.165) is 0 Å². The van der Waals surface area contributed by atoms with E-state index >= 15 is 0 Å². The van der Waals surface area contributed by atoms with E-state index in [1.54, 1.807) is 0 Å². The first kappa shape index (κ1) is 11.6. The number of carbonyl (C=O) groups excluding carboxylic acids is 1. The summed E-state index contributed by atoms with van der Waals surface area (Å²) in [6.45, 7) is 0. The fraction of sp³-hybridized carbons (Fsp3) is 0.300. The maximum Gasteiger partial charge on any atom is 0.324 e. The van der Waals surface area contributed by atoms with E-state index in [1.165, 1.54) is 31.4 Å².